The van der Waals surface area contributed by atoms with Crippen molar-refractivity contribution < 1.29 is 9.53 Å². The summed E-state index contributed by atoms with van der Waals surface area (Å²) in [5, 5.41) is 11.8. The van der Waals surface area contributed by atoms with Crippen LogP contribution in [0.4, 0.5) is 0 Å². The highest BCUT2D eigenvalue weighted by atomic mass is 16.5. The Labute approximate surface area is 131 Å². The molecule has 1 heterocycles. The van der Waals surface area contributed by atoms with Gasteiger partial charge in [-0.05, 0) is 31.0 Å². The molecule has 0 atom stereocenters. The number of ether oxygens (including phenoxy) is 1. The molecule has 0 aliphatic rings. The third-order valence-corrected chi connectivity index (χ3v) is 3.11. The number of amides is 1. The topological polar surface area (TPSA) is 78.2 Å². The first-order valence-electron chi connectivity index (χ1n) is 7.23. The molecule has 1 aromatic heterocycles. The maximum Gasteiger partial charge on any atom is 0.263 e. The molecule has 118 valence electrons. The number of hydrogen-bond acceptors (Lipinski definition) is 5. The minimum absolute atomic E-state index is 0.104. The molecule has 0 aliphatic carbocycles. The molecule has 0 spiro atoms. The number of carbonyl (C=O) groups is 1. The summed E-state index contributed by atoms with van der Waals surface area (Å²) in [5.74, 6) is -0.373. The lowest BCUT2D eigenvalue weighted by Gasteiger charge is -2.18. The van der Waals surface area contributed by atoms with E-state index in [9.17, 15) is 4.79 Å². The molecule has 0 saturated carbocycles. The summed E-state index contributed by atoms with van der Waals surface area (Å²) in [6.45, 7) is 4.25. The Kier molecular flexibility index (Phi) is 8.31. The van der Waals surface area contributed by atoms with Crippen LogP contribution >= 0.6 is 0 Å². The lowest BCUT2D eigenvalue weighted by molar-refractivity contribution is -0.117. The molecule has 6 heteroatoms. The highest BCUT2D eigenvalue weighted by molar-refractivity contribution is 5.97. The van der Waals surface area contributed by atoms with Crippen LogP contribution in [0.3, 0.4) is 0 Å². The zero-order valence-corrected chi connectivity index (χ0v) is 13.1. The second kappa shape index (κ2) is 10.4. The normalized spacial score (nSPS) is 10.9. The third-order valence-electron chi connectivity index (χ3n) is 3.11. The van der Waals surface area contributed by atoms with E-state index in [1.165, 1.54) is 5.56 Å². The van der Waals surface area contributed by atoms with E-state index in [2.05, 4.69) is 10.3 Å². The van der Waals surface area contributed by atoms with E-state index >= 15 is 0 Å². The summed E-state index contributed by atoms with van der Waals surface area (Å²) >= 11 is 0. The van der Waals surface area contributed by atoms with Crippen LogP contribution in [0.5, 0.6) is 0 Å². The van der Waals surface area contributed by atoms with Crippen molar-refractivity contribution in [2.24, 2.45) is 0 Å². The van der Waals surface area contributed by atoms with Crippen LogP contribution in [0.15, 0.2) is 36.3 Å². The van der Waals surface area contributed by atoms with Crippen LogP contribution in [0.1, 0.15) is 12.5 Å². The molecular weight excluding hydrogens is 280 g/mol. The number of nitrogens with one attached hydrogen (secondary N) is 1. The highest BCUT2D eigenvalue weighted by Gasteiger charge is 2.10. The number of methoxy groups -OCH3 is 1. The maximum atomic E-state index is 11.9. The van der Waals surface area contributed by atoms with E-state index in [-0.39, 0.29) is 11.5 Å². The fourth-order valence-electron chi connectivity index (χ4n) is 1.82. The van der Waals surface area contributed by atoms with Gasteiger partial charge in [0.15, 0.2) is 0 Å². The Morgan fingerprint density at radius 1 is 1.50 bits per heavy atom. The minimum atomic E-state index is -0.373. The summed E-state index contributed by atoms with van der Waals surface area (Å²) in [6, 6.07) is 5.87. The van der Waals surface area contributed by atoms with Gasteiger partial charge in [0.1, 0.15) is 11.6 Å². The van der Waals surface area contributed by atoms with Crippen molar-refractivity contribution in [3.63, 3.8) is 0 Å². The minimum Gasteiger partial charge on any atom is -0.383 e. The van der Waals surface area contributed by atoms with E-state index in [1.807, 2.05) is 30.0 Å². The van der Waals surface area contributed by atoms with E-state index < -0.39 is 0 Å². The maximum absolute atomic E-state index is 11.9. The highest BCUT2D eigenvalue weighted by Crippen LogP contribution is 2.03. The quantitative estimate of drug-likeness (QED) is 0.420. The van der Waals surface area contributed by atoms with Crippen molar-refractivity contribution in [2.75, 3.05) is 33.4 Å². The van der Waals surface area contributed by atoms with Crippen LogP contribution < -0.4 is 5.32 Å². The molecule has 1 rings (SSSR count). The first-order chi connectivity index (χ1) is 10.7. The van der Waals surface area contributed by atoms with Gasteiger partial charge in [0.05, 0.1) is 6.61 Å². The number of aromatic nitrogens is 1. The second-order valence-electron chi connectivity index (χ2n) is 4.64. The number of rotatable bonds is 9. The van der Waals surface area contributed by atoms with Gasteiger partial charge in [-0.2, -0.15) is 5.26 Å². The van der Waals surface area contributed by atoms with Crippen LogP contribution in [0.25, 0.3) is 0 Å². The van der Waals surface area contributed by atoms with Gasteiger partial charge < -0.3 is 15.0 Å². The molecule has 6 nitrogen and oxygen atoms in total. The van der Waals surface area contributed by atoms with Crippen LogP contribution in [0, 0.1) is 11.3 Å². The van der Waals surface area contributed by atoms with Crippen molar-refractivity contribution >= 4 is 5.91 Å². The smallest absolute Gasteiger partial charge is 0.263 e. The van der Waals surface area contributed by atoms with Gasteiger partial charge in [0.2, 0.25) is 0 Å². The molecule has 0 aliphatic heterocycles. The van der Waals surface area contributed by atoms with E-state index in [0.29, 0.717) is 13.2 Å². The SMILES string of the molecule is CCN(/C=C(/C#N)C(=O)NCCOC)CCc1ccncc1. The largest absolute Gasteiger partial charge is 0.383 e. The zero-order chi connectivity index (χ0) is 16.2. The van der Waals surface area contributed by atoms with Gasteiger partial charge in [-0.1, -0.05) is 0 Å². The molecule has 0 fully saturated rings. The Balaban J connectivity index is 2.59. The van der Waals surface area contributed by atoms with Crippen molar-refractivity contribution in [3.8, 4) is 6.07 Å². The fraction of sp³-hybridized carbons (Fsp3) is 0.438. The molecule has 1 aromatic rings. The van der Waals surface area contributed by atoms with Crippen LogP contribution in [-0.4, -0.2) is 49.1 Å². The van der Waals surface area contributed by atoms with Crippen LogP contribution in [-0.2, 0) is 16.0 Å². The van der Waals surface area contributed by atoms with Crippen molar-refractivity contribution in [1.29, 1.82) is 5.26 Å². The number of nitriles is 1. The average Bonchev–Trinajstić information content (AvgIpc) is 2.56. The molecule has 1 N–H and O–H groups in total. The fourth-order valence-corrected chi connectivity index (χ4v) is 1.82. The predicted octanol–water partition coefficient (Wildman–Crippen LogP) is 1.12. The number of nitrogens with zero attached hydrogens (tertiary/aromatic N) is 3. The van der Waals surface area contributed by atoms with E-state index in [1.54, 1.807) is 25.7 Å². The van der Waals surface area contributed by atoms with E-state index in [0.717, 1.165) is 19.5 Å². The van der Waals surface area contributed by atoms with Gasteiger partial charge in [-0.25, -0.2) is 0 Å². The number of pyridine rings is 1. The average molecular weight is 302 g/mol. The summed E-state index contributed by atoms with van der Waals surface area (Å²) in [6.07, 6.45) is 5.96. The van der Waals surface area contributed by atoms with E-state index in [4.69, 9.17) is 10.00 Å². The molecule has 0 radical (unpaired) electrons. The molecule has 0 bridgehead atoms. The summed E-state index contributed by atoms with van der Waals surface area (Å²) < 4.78 is 4.86. The van der Waals surface area contributed by atoms with Gasteiger partial charge in [-0.3, -0.25) is 9.78 Å². The van der Waals surface area contributed by atoms with Crippen molar-refractivity contribution in [3.05, 3.63) is 41.9 Å². The summed E-state index contributed by atoms with van der Waals surface area (Å²) in [5.41, 5.74) is 1.28. The Hall–Kier alpha value is -2.39. The number of carbonyl (C=O) groups excluding carboxylic acids is 1. The van der Waals surface area contributed by atoms with Gasteiger partial charge in [-0.15, -0.1) is 0 Å². The van der Waals surface area contributed by atoms with Gasteiger partial charge >= 0.3 is 0 Å². The number of likely N-dealkylation sites (N-methyl/N-ethyl adjacent to an activating group) is 1. The Morgan fingerprint density at radius 2 is 2.23 bits per heavy atom. The molecule has 1 amide bonds. The van der Waals surface area contributed by atoms with Crippen molar-refractivity contribution in [2.45, 2.75) is 13.3 Å². The lowest BCUT2D eigenvalue weighted by Crippen LogP contribution is -2.30. The Bertz CT molecular complexity index is 523. The molecule has 0 saturated heterocycles. The van der Waals surface area contributed by atoms with Gasteiger partial charge in [0.25, 0.3) is 5.91 Å². The standard InChI is InChI=1S/C16H22N4O2/c1-3-20(10-6-14-4-7-18-8-5-14)13-15(12-17)16(21)19-9-11-22-2/h4-5,7-8,13H,3,6,9-11H2,1-2H3,(H,19,21)/b15-13-. The first kappa shape index (κ1) is 17.7. The summed E-state index contributed by atoms with van der Waals surface area (Å²) in [4.78, 5) is 17.8. The molecule has 22 heavy (non-hydrogen) atoms. The zero-order valence-electron chi connectivity index (χ0n) is 13.1. The predicted molar refractivity (Wildman–Crippen MR) is 83.8 cm³/mol. The van der Waals surface area contributed by atoms with Gasteiger partial charge in [0, 0.05) is 45.3 Å². The molecule has 0 unspecified atom stereocenters. The third kappa shape index (κ3) is 6.37. The molecule has 0 aromatic carbocycles. The summed E-state index contributed by atoms with van der Waals surface area (Å²) in [7, 11) is 1.56. The Morgan fingerprint density at radius 3 is 2.82 bits per heavy atom. The monoisotopic (exact) mass is 302 g/mol. The molecular formula is C16H22N4O2. The number of hydrogen-bond donors (Lipinski definition) is 1. The second-order valence-corrected chi connectivity index (χ2v) is 4.64. The first-order valence-corrected chi connectivity index (χ1v) is 7.23. The van der Waals surface area contributed by atoms with Crippen LogP contribution in [0.2, 0.25) is 0 Å². The van der Waals surface area contributed by atoms with Crippen molar-refractivity contribution in [1.82, 2.24) is 15.2 Å². The lowest BCUT2D eigenvalue weighted by atomic mass is 10.2.